The van der Waals surface area contributed by atoms with Crippen molar-refractivity contribution in [1.82, 2.24) is 10.3 Å². The molecule has 1 saturated heterocycles. The minimum Gasteiger partial charge on any atom is -0.440 e. The van der Waals surface area contributed by atoms with Crippen molar-refractivity contribution in [2.45, 2.75) is 45.4 Å². The summed E-state index contributed by atoms with van der Waals surface area (Å²) in [6.45, 7) is 8.89. The molecule has 3 heteroatoms. The summed E-state index contributed by atoms with van der Waals surface area (Å²) >= 11 is 0. The molecule has 20 heavy (non-hydrogen) atoms. The SMILES string of the molecule is CCc1ccc2oc(C(C)(C)C3CCCNC3)nc2c1. The summed E-state index contributed by atoms with van der Waals surface area (Å²) in [4.78, 5) is 4.77. The third kappa shape index (κ3) is 2.35. The zero-order chi connectivity index (χ0) is 14.2. The van der Waals surface area contributed by atoms with Gasteiger partial charge in [0.2, 0.25) is 5.89 Å². The standard InChI is InChI=1S/C17H24N2O/c1-4-12-7-8-15-14(10-12)19-16(20-15)17(2,3)13-6-5-9-18-11-13/h7-8,10,13,18H,4-6,9,11H2,1-3H3. The molecule has 2 aromatic rings. The van der Waals surface area contributed by atoms with Crippen LogP contribution in [-0.4, -0.2) is 18.1 Å². The lowest BCUT2D eigenvalue weighted by Crippen LogP contribution is -2.40. The van der Waals surface area contributed by atoms with E-state index in [-0.39, 0.29) is 5.41 Å². The Bertz CT molecular complexity index is 594. The molecule has 3 rings (SSSR count). The van der Waals surface area contributed by atoms with Gasteiger partial charge in [-0.25, -0.2) is 4.98 Å². The molecule has 0 radical (unpaired) electrons. The van der Waals surface area contributed by atoms with Crippen LogP contribution in [0.15, 0.2) is 22.6 Å². The van der Waals surface area contributed by atoms with Crippen LogP contribution in [0, 0.1) is 5.92 Å². The highest BCUT2D eigenvalue weighted by Crippen LogP contribution is 2.36. The van der Waals surface area contributed by atoms with E-state index in [9.17, 15) is 0 Å². The summed E-state index contributed by atoms with van der Waals surface area (Å²) in [5.74, 6) is 1.48. The first-order valence-electron chi connectivity index (χ1n) is 7.72. The molecule has 3 nitrogen and oxygen atoms in total. The number of hydrogen-bond donors (Lipinski definition) is 1. The normalized spacial score (nSPS) is 20.4. The molecule has 108 valence electrons. The van der Waals surface area contributed by atoms with E-state index in [2.05, 4.69) is 44.3 Å². The smallest absolute Gasteiger partial charge is 0.201 e. The number of oxazole rings is 1. The summed E-state index contributed by atoms with van der Waals surface area (Å²) in [5.41, 5.74) is 3.21. The van der Waals surface area contributed by atoms with Crippen molar-refractivity contribution in [3.05, 3.63) is 29.7 Å². The number of nitrogens with one attached hydrogen (secondary N) is 1. The Hall–Kier alpha value is -1.35. The van der Waals surface area contributed by atoms with Gasteiger partial charge in [0.25, 0.3) is 0 Å². The van der Waals surface area contributed by atoms with Crippen LogP contribution in [0.4, 0.5) is 0 Å². The average Bonchev–Trinajstić information content (AvgIpc) is 2.91. The molecule has 2 heterocycles. The molecule has 1 N–H and O–H groups in total. The van der Waals surface area contributed by atoms with E-state index in [1.807, 2.05) is 0 Å². The first-order chi connectivity index (χ1) is 9.61. The second-order valence-electron chi connectivity index (χ2n) is 6.44. The molecular formula is C17H24N2O. The van der Waals surface area contributed by atoms with E-state index in [0.717, 1.165) is 36.5 Å². The van der Waals surface area contributed by atoms with Gasteiger partial charge in [0.15, 0.2) is 5.58 Å². The molecule has 0 amide bonds. The third-order valence-corrected chi connectivity index (χ3v) is 4.73. The summed E-state index contributed by atoms with van der Waals surface area (Å²) in [5, 5.41) is 3.49. The summed E-state index contributed by atoms with van der Waals surface area (Å²) in [6.07, 6.45) is 3.53. The van der Waals surface area contributed by atoms with Gasteiger partial charge < -0.3 is 9.73 Å². The van der Waals surface area contributed by atoms with Crippen molar-refractivity contribution < 1.29 is 4.42 Å². The molecule has 0 spiro atoms. The molecule has 1 fully saturated rings. The Morgan fingerprint density at radius 2 is 2.25 bits per heavy atom. The number of rotatable bonds is 3. The van der Waals surface area contributed by atoms with Crippen LogP contribution in [0.25, 0.3) is 11.1 Å². The van der Waals surface area contributed by atoms with E-state index in [1.165, 1.54) is 18.4 Å². The lowest BCUT2D eigenvalue weighted by atomic mass is 9.75. The van der Waals surface area contributed by atoms with Crippen LogP contribution in [-0.2, 0) is 11.8 Å². The van der Waals surface area contributed by atoms with E-state index in [4.69, 9.17) is 9.40 Å². The fraction of sp³-hybridized carbons (Fsp3) is 0.588. The fourth-order valence-electron chi connectivity index (χ4n) is 3.11. The average molecular weight is 272 g/mol. The van der Waals surface area contributed by atoms with E-state index < -0.39 is 0 Å². The Balaban J connectivity index is 1.95. The molecule has 1 aromatic carbocycles. The second kappa shape index (κ2) is 5.21. The predicted molar refractivity (Wildman–Crippen MR) is 82.0 cm³/mol. The molecule has 1 aliphatic rings. The largest absolute Gasteiger partial charge is 0.440 e. The van der Waals surface area contributed by atoms with Gasteiger partial charge in [-0.3, -0.25) is 0 Å². The zero-order valence-electron chi connectivity index (χ0n) is 12.7. The Morgan fingerprint density at radius 1 is 1.40 bits per heavy atom. The van der Waals surface area contributed by atoms with Gasteiger partial charge in [-0.1, -0.05) is 26.8 Å². The van der Waals surface area contributed by atoms with Crippen LogP contribution in [0.2, 0.25) is 0 Å². The van der Waals surface area contributed by atoms with Crippen molar-refractivity contribution in [2.75, 3.05) is 13.1 Å². The van der Waals surface area contributed by atoms with Gasteiger partial charge in [-0.15, -0.1) is 0 Å². The molecule has 1 aromatic heterocycles. The first-order valence-corrected chi connectivity index (χ1v) is 7.72. The first kappa shape index (κ1) is 13.6. The summed E-state index contributed by atoms with van der Waals surface area (Å²) < 4.78 is 6.05. The van der Waals surface area contributed by atoms with Crippen molar-refractivity contribution in [2.24, 2.45) is 5.92 Å². The van der Waals surface area contributed by atoms with Crippen molar-refractivity contribution >= 4 is 11.1 Å². The molecule has 1 aliphatic heterocycles. The quantitative estimate of drug-likeness (QED) is 0.926. The number of benzene rings is 1. The van der Waals surface area contributed by atoms with Crippen LogP contribution >= 0.6 is 0 Å². The van der Waals surface area contributed by atoms with Crippen LogP contribution < -0.4 is 5.32 Å². The maximum absolute atomic E-state index is 6.05. The topological polar surface area (TPSA) is 38.1 Å². The molecule has 0 bridgehead atoms. The van der Waals surface area contributed by atoms with Crippen LogP contribution in [0.5, 0.6) is 0 Å². The van der Waals surface area contributed by atoms with Crippen LogP contribution in [0.1, 0.15) is 45.1 Å². The van der Waals surface area contributed by atoms with Gasteiger partial charge in [0.1, 0.15) is 5.52 Å². The number of piperidine rings is 1. The number of fused-ring (bicyclic) bond motifs is 1. The van der Waals surface area contributed by atoms with Crippen molar-refractivity contribution in [3.63, 3.8) is 0 Å². The van der Waals surface area contributed by atoms with Gasteiger partial charge in [0, 0.05) is 5.41 Å². The highest BCUT2D eigenvalue weighted by molar-refractivity contribution is 5.73. The minimum absolute atomic E-state index is 0.0151. The molecule has 0 saturated carbocycles. The molecule has 1 atom stereocenters. The fourth-order valence-corrected chi connectivity index (χ4v) is 3.11. The number of hydrogen-bond acceptors (Lipinski definition) is 3. The number of aromatic nitrogens is 1. The third-order valence-electron chi connectivity index (χ3n) is 4.73. The highest BCUT2D eigenvalue weighted by Gasteiger charge is 2.36. The minimum atomic E-state index is -0.0151. The van der Waals surface area contributed by atoms with Gasteiger partial charge in [-0.05, 0) is 56.0 Å². The molecule has 0 aliphatic carbocycles. The number of nitrogens with zero attached hydrogens (tertiary/aromatic N) is 1. The van der Waals surface area contributed by atoms with Gasteiger partial charge >= 0.3 is 0 Å². The molecular weight excluding hydrogens is 248 g/mol. The maximum Gasteiger partial charge on any atom is 0.201 e. The zero-order valence-corrected chi connectivity index (χ0v) is 12.7. The van der Waals surface area contributed by atoms with Crippen molar-refractivity contribution in [3.8, 4) is 0 Å². The monoisotopic (exact) mass is 272 g/mol. The number of aryl methyl sites for hydroxylation is 1. The van der Waals surface area contributed by atoms with Crippen LogP contribution in [0.3, 0.4) is 0 Å². The lowest BCUT2D eigenvalue weighted by molar-refractivity contribution is 0.215. The van der Waals surface area contributed by atoms with E-state index in [0.29, 0.717) is 5.92 Å². The highest BCUT2D eigenvalue weighted by atomic mass is 16.3. The Morgan fingerprint density at radius 3 is 2.95 bits per heavy atom. The second-order valence-corrected chi connectivity index (χ2v) is 6.44. The summed E-state index contributed by atoms with van der Waals surface area (Å²) in [6, 6.07) is 6.34. The van der Waals surface area contributed by atoms with Crippen molar-refractivity contribution in [1.29, 1.82) is 0 Å². The Labute approximate surface area is 120 Å². The van der Waals surface area contributed by atoms with E-state index >= 15 is 0 Å². The van der Waals surface area contributed by atoms with E-state index in [1.54, 1.807) is 0 Å². The van der Waals surface area contributed by atoms with Gasteiger partial charge in [-0.2, -0.15) is 0 Å². The predicted octanol–water partition coefficient (Wildman–Crippen LogP) is 3.67. The lowest BCUT2D eigenvalue weighted by Gasteiger charge is -2.34. The summed E-state index contributed by atoms with van der Waals surface area (Å²) in [7, 11) is 0. The molecule has 1 unspecified atom stereocenters. The maximum atomic E-state index is 6.05. The van der Waals surface area contributed by atoms with Gasteiger partial charge in [0.05, 0.1) is 0 Å². The Kier molecular flexibility index (Phi) is 3.55.